The Hall–Kier alpha value is -4.32. The predicted octanol–water partition coefficient (Wildman–Crippen LogP) is 5.89. The van der Waals surface area contributed by atoms with E-state index in [9.17, 15) is 14.7 Å². The van der Waals surface area contributed by atoms with Gasteiger partial charge in [0.25, 0.3) is 5.91 Å². The molecule has 2 N–H and O–H groups in total. The fraction of sp³-hybridized carbons (Fsp3) is 0.303. The van der Waals surface area contributed by atoms with Gasteiger partial charge in [-0.25, -0.2) is 9.78 Å². The van der Waals surface area contributed by atoms with E-state index >= 15 is 0 Å². The number of hydrogen-bond donors (Lipinski definition) is 2. The molecule has 1 fully saturated rings. The van der Waals surface area contributed by atoms with E-state index in [2.05, 4.69) is 15.2 Å². The molecule has 1 saturated heterocycles. The van der Waals surface area contributed by atoms with Gasteiger partial charge in [-0.2, -0.15) is 0 Å². The number of carboxylic acid groups (broad SMARTS) is 1. The first-order chi connectivity index (χ1) is 21.8. The average molecular weight is 652 g/mol. The SMILES string of the molecule is COc1ccc(COc2ccc(C(=O)NCCN3CC[C@@H](c4ncc(C(=O)O)s4)C3)c(Cl)c2OCc2ccc(OC)cc2)cc1. The minimum absolute atomic E-state index is 0.160. The maximum absolute atomic E-state index is 13.2. The average Bonchev–Trinajstić information content (AvgIpc) is 3.74. The van der Waals surface area contributed by atoms with Gasteiger partial charge in [0.1, 0.15) is 29.6 Å². The lowest BCUT2D eigenvalue weighted by Crippen LogP contribution is -2.34. The number of amides is 1. The Labute approximate surface area is 270 Å². The molecule has 0 saturated carbocycles. The van der Waals surface area contributed by atoms with E-state index in [0.717, 1.165) is 47.1 Å². The molecule has 3 aromatic carbocycles. The summed E-state index contributed by atoms with van der Waals surface area (Å²) in [5.41, 5.74) is 2.10. The molecule has 0 spiro atoms. The first-order valence-electron chi connectivity index (χ1n) is 14.4. The van der Waals surface area contributed by atoms with Crippen LogP contribution in [0.25, 0.3) is 0 Å². The molecule has 45 heavy (non-hydrogen) atoms. The summed E-state index contributed by atoms with van der Waals surface area (Å²) in [4.78, 5) is 31.2. The molecule has 0 radical (unpaired) electrons. The summed E-state index contributed by atoms with van der Waals surface area (Å²) in [5, 5.41) is 13.1. The first kappa shape index (κ1) is 32.1. The monoisotopic (exact) mass is 651 g/mol. The number of carbonyl (C=O) groups is 2. The standard InChI is InChI=1S/C33H34ClN3O7S/c1-41-24-7-3-21(4-8-24)19-43-27-12-11-26(29(34)30(27)44-20-22-5-9-25(42-2)10-6-22)31(38)35-14-16-37-15-13-23(18-37)32-36-17-28(45-32)33(39)40/h3-12,17,23H,13-16,18-20H2,1-2H3,(H,35,38)(H,39,40)/t23-/m1/s1. The predicted molar refractivity (Wildman–Crippen MR) is 171 cm³/mol. The molecule has 1 aliphatic heterocycles. The van der Waals surface area contributed by atoms with Crippen molar-refractivity contribution >= 4 is 34.8 Å². The van der Waals surface area contributed by atoms with Gasteiger partial charge in [0, 0.05) is 25.6 Å². The third kappa shape index (κ3) is 8.24. The fourth-order valence-electron chi connectivity index (χ4n) is 4.96. The number of methoxy groups -OCH3 is 2. The molecule has 5 rings (SSSR count). The van der Waals surface area contributed by atoms with Gasteiger partial charge in [-0.1, -0.05) is 35.9 Å². The number of halogens is 1. The minimum Gasteiger partial charge on any atom is -0.497 e. The maximum Gasteiger partial charge on any atom is 0.347 e. The number of ether oxygens (including phenoxy) is 4. The highest BCUT2D eigenvalue weighted by Gasteiger charge is 2.27. The summed E-state index contributed by atoms with van der Waals surface area (Å²) >= 11 is 8.02. The van der Waals surface area contributed by atoms with Crippen LogP contribution in [0.15, 0.2) is 66.9 Å². The third-order valence-corrected chi connectivity index (χ3v) is 8.99. The van der Waals surface area contributed by atoms with E-state index in [-0.39, 0.29) is 46.3 Å². The fourth-order valence-corrected chi connectivity index (χ4v) is 6.14. The minimum atomic E-state index is -0.957. The van der Waals surface area contributed by atoms with Gasteiger partial charge in [0.05, 0.1) is 36.0 Å². The van der Waals surface area contributed by atoms with Gasteiger partial charge in [-0.3, -0.25) is 4.79 Å². The number of nitrogens with zero attached hydrogens (tertiary/aromatic N) is 2. The summed E-state index contributed by atoms with van der Waals surface area (Å²) in [7, 11) is 3.22. The van der Waals surface area contributed by atoms with E-state index in [4.69, 9.17) is 30.5 Å². The molecule has 4 aromatic rings. The Morgan fingerprint density at radius 1 is 0.978 bits per heavy atom. The summed E-state index contributed by atoms with van der Waals surface area (Å²) in [6.45, 7) is 3.12. The van der Waals surface area contributed by atoms with Crippen molar-refractivity contribution in [2.45, 2.75) is 25.6 Å². The van der Waals surface area contributed by atoms with Gasteiger partial charge in [-0.05, 0) is 60.5 Å². The number of nitrogens with one attached hydrogen (secondary N) is 1. The van der Waals surface area contributed by atoms with Crippen LogP contribution in [0.3, 0.4) is 0 Å². The van der Waals surface area contributed by atoms with Crippen LogP contribution in [-0.4, -0.2) is 67.3 Å². The Morgan fingerprint density at radius 2 is 1.62 bits per heavy atom. The highest BCUT2D eigenvalue weighted by Crippen LogP contribution is 2.39. The molecule has 10 nitrogen and oxygen atoms in total. The molecular weight excluding hydrogens is 618 g/mol. The van der Waals surface area contributed by atoms with Crippen LogP contribution >= 0.6 is 22.9 Å². The normalized spacial score (nSPS) is 14.6. The van der Waals surface area contributed by atoms with Crippen LogP contribution in [-0.2, 0) is 13.2 Å². The molecule has 0 unspecified atom stereocenters. The van der Waals surface area contributed by atoms with Crippen molar-refractivity contribution < 1.29 is 33.6 Å². The van der Waals surface area contributed by atoms with Crippen LogP contribution in [0.4, 0.5) is 0 Å². The number of rotatable bonds is 14. The van der Waals surface area contributed by atoms with Crippen molar-refractivity contribution in [2.75, 3.05) is 40.4 Å². The van der Waals surface area contributed by atoms with Gasteiger partial charge in [0.15, 0.2) is 11.5 Å². The molecular formula is C33H34ClN3O7S. The van der Waals surface area contributed by atoms with Crippen molar-refractivity contribution in [3.05, 3.63) is 98.5 Å². The van der Waals surface area contributed by atoms with Gasteiger partial charge >= 0.3 is 5.97 Å². The van der Waals surface area contributed by atoms with Crippen LogP contribution < -0.4 is 24.3 Å². The zero-order valence-electron chi connectivity index (χ0n) is 25.0. The second-order valence-corrected chi connectivity index (χ2v) is 11.9. The molecule has 1 amide bonds. The molecule has 2 heterocycles. The van der Waals surface area contributed by atoms with Crippen LogP contribution in [0.5, 0.6) is 23.0 Å². The molecule has 0 bridgehead atoms. The number of hydrogen-bond acceptors (Lipinski definition) is 9. The van der Waals surface area contributed by atoms with E-state index < -0.39 is 5.97 Å². The molecule has 1 atom stereocenters. The molecule has 0 aliphatic carbocycles. The summed E-state index contributed by atoms with van der Waals surface area (Å²) in [6, 6.07) is 18.3. The highest BCUT2D eigenvalue weighted by molar-refractivity contribution is 7.13. The number of aromatic nitrogens is 1. The van der Waals surface area contributed by atoms with Crippen molar-refractivity contribution in [1.29, 1.82) is 0 Å². The maximum atomic E-state index is 13.2. The van der Waals surface area contributed by atoms with Crippen molar-refractivity contribution in [3.8, 4) is 23.0 Å². The number of carbonyl (C=O) groups excluding carboxylic acids is 1. The van der Waals surface area contributed by atoms with E-state index in [1.807, 2.05) is 48.5 Å². The smallest absolute Gasteiger partial charge is 0.347 e. The van der Waals surface area contributed by atoms with E-state index in [0.29, 0.717) is 18.8 Å². The number of carboxylic acids is 1. The van der Waals surface area contributed by atoms with Gasteiger partial charge in [-0.15, -0.1) is 11.3 Å². The first-order valence-corrected chi connectivity index (χ1v) is 15.6. The number of aromatic carboxylic acids is 1. The lowest BCUT2D eigenvalue weighted by molar-refractivity contribution is 0.0701. The zero-order valence-corrected chi connectivity index (χ0v) is 26.5. The Kier molecular flexibility index (Phi) is 10.8. The molecule has 1 aliphatic rings. The lowest BCUT2D eigenvalue weighted by atomic mass is 10.1. The molecule has 1 aromatic heterocycles. The van der Waals surface area contributed by atoms with Gasteiger partial charge < -0.3 is 34.3 Å². The van der Waals surface area contributed by atoms with Crippen molar-refractivity contribution in [3.63, 3.8) is 0 Å². The quantitative estimate of drug-likeness (QED) is 0.172. The second kappa shape index (κ2) is 15.1. The number of likely N-dealkylation sites (tertiary alicyclic amines) is 1. The van der Waals surface area contributed by atoms with Crippen LogP contribution in [0.1, 0.15) is 48.5 Å². The zero-order chi connectivity index (χ0) is 31.8. The lowest BCUT2D eigenvalue weighted by Gasteiger charge is -2.18. The largest absolute Gasteiger partial charge is 0.497 e. The summed E-state index contributed by atoms with van der Waals surface area (Å²) in [6.07, 6.45) is 2.30. The summed E-state index contributed by atoms with van der Waals surface area (Å²) < 4.78 is 22.7. The third-order valence-electron chi connectivity index (χ3n) is 7.47. The Bertz CT molecular complexity index is 1610. The summed E-state index contributed by atoms with van der Waals surface area (Å²) in [5.74, 6) is 1.08. The van der Waals surface area contributed by atoms with Crippen molar-refractivity contribution in [1.82, 2.24) is 15.2 Å². The van der Waals surface area contributed by atoms with Crippen LogP contribution in [0.2, 0.25) is 5.02 Å². The van der Waals surface area contributed by atoms with E-state index in [1.165, 1.54) is 17.5 Å². The molecule has 236 valence electrons. The van der Waals surface area contributed by atoms with Gasteiger partial charge in [0.2, 0.25) is 0 Å². The Morgan fingerprint density at radius 3 is 2.22 bits per heavy atom. The molecule has 12 heteroatoms. The highest BCUT2D eigenvalue weighted by atomic mass is 35.5. The van der Waals surface area contributed by atoms with Crippen molar-refractivity contribution in [2.24, 2.45) is 0 Å². The topological polar surface area (TPSA) is 119 Å². The second-order valence-electron chi connectivity index (χ2n) is 10.4. The number of benzene rings is 3. The van der Waals surface area contributed by atoms with Crippen LogP contribution in [0, 0.1) is 0 Å². The Balaban J connectivity index is 1.23. The number of thiazole rings is 1. The van der Waals surface area contributed by atoms with E-state index in [1.54, 1.807) is 26.4 Å².